The SMILES string of the molecule is Cc1nc2c(cc1Br)CC(NC(=O)OC(C)(C)C)C2. The lowest BCUT2D eigenvalue weighted by atomic mass is 10.2. The van der Waals surface area contributed by atoms with Gasteiger partial charge in [-0.05, 0) is 61.7 Å². The molecule has 1 atom stereocenters. The molecule has 1 N–H and O–H groups in total. The van der Waals surface area contributed by atoms with Crippen molar-refractivity contribution in [3.63, 3.8) is 0 Å². The zero-order valence-electron chi connectivity index (χ0n) is 11.7. The molecule has 0 fully saturated rings. The number of hydrogen-bond acceptors (Lipinski definition) is 3. The number of aryl methyl sites for hydroxylation is 1. The number of carbonyl (C=O) groups excluding carboxylic acids is 1. The van der Waals surface area contributed by atoms with Gasteiger partial charge in [0.15, 0.2) is 0 Å². The molecule has 104 valence electrons. The molecule has 0 radical (unpaired) electrons. The number of ether oxygens (including phenoxy) is 1. The minimum absolute atomic E-state index is 0.0750. The van der Waals surface area contributed by atoms with Gasteiger partial charge in [-0.1, -0.05) is 0 Å². The Morgan fingerprint density at radius 2 is 2.16 bits per heavy atom. The van der Waals surface area contributed by atoms with Crippen LogP contribution < -0.4 is 5.32 Å². The minimum atomic E-state index is -0.465. The van der Waals surface area contributed by atoms with Crippen LogP contribution in [0, 0.1) is 6.92 Å². The summed E-state index contributed by atoms with van der Waals surface area (Å²) in [5.74, 6) is 0. The molecule has 1 unspecified atom stereocenters. The molecule has 4 nitrogen and oxygen atoms in total. The van der Waals surface area contributed by atoms with Crippen molar-refractivity contribution < 1.29 is 9.53 Å². The third-order valence-electron chi connectivity index (χ3n) is 2.95. The van der Waals surface area contributed by atoms with E-state index in [1.54, 1.807) is 0 Å². The van der Waals surface area contributed by atoms with E-state index in [0.717, 1.165) is 28.7 Å². The van der Waals surface area contributed by atoms with Gasteiger partial charge in [0.1, 0.15) is 5.60 Å². The summed E-state index contributed by atoms with van der Waals surface area (Å²) in [5.41, 5.74) is 2.78. The number of aromatic nitrogens is 1. The Labute approximate surface area is 122 Å². The van der Waals surface area contributed by atoms with E-state index in [2.05, 4.69) is 32.3 Å². The van der Waals surface area contributed by atoms with Crippen LogP contribution in [0.25, 0.3) is 0 Å². The van der Waals surface area contributed by atoms with E-state index in [1.807, 2.05) is 27.7 Å². The van der Waals surface area contributed by atoms with Gasteiger partial charge in [-0.15, -0.1) is 0 Å². The van der Waals surface area contributed by atoms with Gasteiger partial charge < -0.3 is 10.1 Å². The number of carbonyl (C=O) groups is 1. The monoisotopic (exact) mass is 326 g/mol. The van der Waals surface area contributed by atoms with E-state index in [9.17, 15) is 4.79 Å². The van der Waals surface area contributed by atoms with Crippen LogP contribution in [-0.2, 0) is 17.6 Å². The zero-order chi connectivity index (χ0) is 14.2. The highest BCUT2D eigenvalue weighted by Gasteiger charge is 2.26. The van der Waals surface area contributed by atoms with Gasteiger partial charge >= 0.3 is 6.09 Å². The normalized spacial score (nSPS) is 18.1. The van der Waals surface area contributed by atoms with Gasteiger partial charge in [-0.3, -0.25) is 4.98 Å². The molecule has 0 saturated heterocycles. The molecule has 1 aliphatic rings. The summed E-state index contributed by atoms with van der Waals surface area (Å²) >= 11 is 3.48. The van der Waals surface area contributed by atoms with Crippen molar-refractivity contribution in [3.05, 3.63) is 27.5 Å². The Bertz CT molecular complexity index is 478. The van der Waals surface area contributed by atoms with Gasteiger partial charge in [-0.2, -0.15) is 0 Å². The second kappa shape index (κ2) is 5.12. The van der Waals surface area contributed by atoms with Gasteiger partial charge in [0.25, 0.3) is 0 Å². The number of nitrogens with zero attached hydrogens (tertiary/aromatic N) is 1. The first kappa shape index (κ1) is 14.3. The van der Waals surface area contributed by atoms with Crippen LogP contribution >= 0.6 is 15.9 Å². The molecule has 1 aromatic heterocycles. The summed E-state index contributed by atoms with van der Waals surface area (Å²) in [4.78, 5) is 16.3. The van der Waals surface area contributed by atoms with Crippen LogP contribution in [0.1, 0.15) is 37.7 Å². The Morgan fingerprint density at radius 3 is 2.79 bits per heavy atom. The van der Waals surface area contributed by atoms with Gasteiger partial charge in [0.05, 0.1) is 5.69 Å². The first-order valence-corrected chi connectivity index (χ1v) is 7.18. The fraction of sp³-hybridized carbons (Fsp3) is 0.571. The van der Waals surface area contributed by atoms with Crippen LogP contribution in [-0.4, -0.2) is 22.7 Å². The van der Waals surface area contributed by atoms with Crippen molar-refractivity contribution in [1.82, 2.24) is 10.3 Å². The standard InChI is InChI=1S/C14H19BrN2O2/c1-8-11(15)6-9-5-10(7-12(9)16-8)17-13(18)19-14(2,3)4/h6,10H,5,7H2,1-4H3,(H,17,18). The van der Waals surface area contributed by atoms with E-state index < -0.39 is 5.60 Å². The number of hydrogen-bond donors (Lipinski definition) is 1. The van der Waals surface area contributed by atoms with Crippen molar-refractivity contribution in [2.45, 2.75) is 52.2 Å². The lowest BCUT2D eigenvalue weighted by Gasteiger charge is -2.21. The molecule has 5 heteroatoms. The zero-order valence-corrected chi connectivity index (χ0v) is 13.3. The van der Waals surface area contributed by atoms with E-state index >= 15 is 0 Å². The largest absolute Gasteiger partial charge is 0.444 e. The van der Waals surface area contributed by atoms with Crippen molar-refractivity contribution in [1.29, 1.82) is 0 Å². The van der Waals surface area contributed by atoms with Gasteiger partial charge in [-0.25, -0.2) is 4.79 Å². The smallest absolute Gasteiger partial charge is 0.407 e. The molecule has 0 spiro atoms. The maximum atomic E-state index is 11.7. The average molecular weight is 327 g/mol. The Balaban J connectivity index is 1.99. The van der Waals surface area contributed by atoms with Crippen LogP contribution in [0.4, 0.5) is 4.79 Å². The third-order valence-corrected chi connectivity index (χ3v) is 3.75. The molecular weight excluding hydrogens is 308 g/mol. The summed E-state index contributed by atoms with van der Waals surface area (Å²) in [6.45, 7) is 7.55. The predicted molar refractivity (Wildman–Crippen MR) is 77.2 cm³/mol. The minimum Gasteiger partial charge on any atom is -0.444 e. The fourth-order valence-electron chi connectivity index (χ4n) is 2.17. The molecule has 1 aliphatic carbocycles. The third kappa shape index (κ3) is 3.69. The molecule has 0 bridgehead atoms. The van der Waals surface area contributed by atoms with E-state index in [0.29, 0.717) is 0 Å². The second-order valence-electron chi connectivity index (χ2n) is 5.91. The molecule has 2 rings (SSSR count). The van der Waals surface area contributed by atoms with E-state index in [1.165, 1.54) is 5.56 Å². The average Bonchev–Trinajstić information content (AvgIpc) is 2.56. The summed E-state index contributed by atoms with van der Waals surface area (Å²) in [6.07, 6.45) is 1.21. The summed E-state index contributed by atoms with van der Waals surface area (Å²) in [6, 6.07) is 2.17. The first-order chi connectivity index (χ1) is 8.74. The molecule has 19 heavy (non-hydrogen) atoms. The number of fused-ring (bicyclic) bond motifs is 1. The first-order valence-electron chi connectivity index (χ1n) is 6.39. The van der Waals surface area contributed by atoms with Crippen LogP contribution in [0.3, 0.4) is 0 Å². The van der Waals surface area contributed by atoms with Gasteiger partial charge in [0.2, 0.25) is 0 Å². The molecule has 1 amide bonds. The van der Waals surface area contributed by atoms with E-state index in [4.69, 9.17) is 4.74 Å². The van der Waals surface area contributed by atoms with Crippen molar-refractivity contribution in [2.75, 3.05) is 0 Å². The van der Waals surface area contributed by atoms with Crippen LogP contribution in [0.15, 0.2) is 10.5 Å². The Kier molecular flexibility index (Phi) is 3.85. The molecule has 0 aliphatic heterocycles. The molecule has 0 aromatic carbocycles. The lowest BCUT2D eigenvalue weighted by Crippen LogP contribution is -2.39. The number of amides is 1. The van der Waals surface area contributed by atoms with Crippen molar-refractivity contribution in [2.24, 2.45) is 0 Å². The maximum Gasteiger partial charge on any atom is 0.407 e. The highest BCUT2D eigenvalue weighted by molar-refractivity contribution is 9.10. The van der Waals surface area contributed by atoms with Crippen molar-refractivity contribution >= 4 is 22.0 Å². The lowest BCUT2D eigenvalue weighted by molar-refractivity contribution is 0.0506. The Hall–Kier alpha value is -1.10. The van der Waals surface area contributed by atoms with Gasteiger partial charge in [0, 0.05) is 22.6 Å². The predicted octanol–water partition coefficient (Wildman–Crippen LogP) is 3.14. The molecule has 1 heterocycles. The second-order valence-corrected chi connectivity index (χ2v) is 6.77. The van der Waals surface area contributed by atoms with Crippen molar-refractivity contribution in [3.8, 4) is 0 Å². The number of alkyl carbamates (subject to hydrolysis) is 1. The maximum absolute atomic E-state index is 11.7. The molecule has 1 aromatic rings. The summed E-state index contributed by atoms with van der Waals surface area (Å²) < 4.78 is 6.28. The van der Waals surface area contributed by atoms with E-state index in [-0.39, 0.29) is 12.1 Å². The number of pyridine rings is 1. The topological polar surface area (TPSA) is 51.2 Å². The molecular formula is C14H19BrN2O2. The highest BCUT2D eigenvalue weighted by atomic mass is 79.9. The quantitative estimate of drug-likeness (QED) is 0.862. The Morgan fingerprint density at radius 1 is 1.47 bits per heavy atom. The number of nitrogens with one attached hydrogen (secondary N) is 1. The number of halogens is 1. The molecule has 0 saturated carbocycles. The highest BCUT2D eigenvalue weighted by Crippen LogP contribution is 2.26. The van der Waals surface area contributed by atoms with Crippen LogP contribution in [0.2, 0.25) is 0 Å². The summed E-state index contributed by atoms with van der Waals surface area (Å²) in [7, 11) is 0. The summed E-state index contributed by atoms with van der Waals surface area (Å²) in [5, 5.41) is 2.90. The van der Waals surface area contributed by atoms with Crippen LogP contribution in [0.5, 0.6) is 0 Å². The fourth-order valence-corrected chi connectivity index (χ4v) is 2.53. The number of rotatable bonds is 1.